The van der Waals surface area contributed by atoms with E-state index in [1.54, 1.807) is 14.2 Å². The normalized spacial score (nSPS) is 13.6. The second kappa shape index (κ2) is 8.48. The van der Waals surface area contributed by atoms with Crippen LogP contribution in [0.1, 0.15) is 33.1 Å². The average Bonchev–Trinajstić information content (AvgIpc) is 2.16. The summed E-state index contributed by atoms with van der Waals surface area (Å²) in [6.45, 7) is 5.16. The molecule has 1 N–H and O–H groups in total. The molecule has 0 aliphatic heterocycles. The van der Waals surface area contributed by atoms with Crippen LogP contribution in [0.25, 0.3) is 0 Å². The van der Waals surface area contributed by atoms with E-state index in [4.69, 9.17) is 9.47 Å². The van der Waals surface area contributed by atoms with Gasteiger partial charge in [-0.25, -0.2) is 0 Å². The molecule has 3 heteroatoms. The SMILES string of the molecule is CCCC[C@@H](C)NCC(OC)OC. The summed E-state index contributed by atoms with van der Waals surface area (Å²) in [5.74, 6) is 0. The largest absolute Gasteiger partial charge is 0.355 e. The fourth-order valence-electron chi connectivity index (χ4n) is 1.17. The maximum Gasteiger partial charge on any atom is 0.169 e. The third-order valence-corrected chi connectivity index (χ3v) is 2.15. The zero-order chi connectivity index (χ0) is 10.1. The Morgan fingerprint density at radius 1 is 1.23 bits per heavy atom. The van der Waals surface area contributed by atoms with Crippen molar-refractivity contribution in [2.45, 2.75) is 45.4 Å². The van der Waals surface area contributed by atoms with Crippen LogP contribution < -0.4 is 5.32 Å². The fourth-order valence-corrected chi connectivity index (χ4v) is 1.17. The molecule has 0 aromatic carbocycles. The van der Waals surface area contributed by atoms with Gasteiger partial charge in [0.15, 0.2) is 6.29 Å². The number of nitrogens with one attached hydrogen (secondary N) is 1. The predicted molar refractivity (Wildman–Crippen MR) is 54.8 cm³/mol. The first-order chi connectivity index (χ1) is 6.24. The molecule has 0 heterocycles. The molecule has 80 valence electrons. The summed E-state index contributed by atoms with van der Waals surface area (Å²) in [4.78, 5) is 0. The van der Waals surface area contributed by atoms with Crippen LogP contribution >= 0.6 is 0 Å². The lowest BCUT2D eigenvalue weighted by Crippen LogP contribution is -2.35. The Morgan fingerprint density at radius 2 is 1.85 bits per heavy atom. The molecule has 0 fully saturated rings. The quantitative estimate of drug-likeness (QED) is 0.590. The Labute approximate surface area is 81.8 Å². The predicted octanol–water partition coefficient (Wildman–Crippen LogP) is 1.77. The van der Waals surface area contributed by atoms with Crippen molar-refractivity contribution in [3.05, 3.63) is 0 Å². The van der Waals surface area contributed by atoms with Crippen LogP contribution in [-0.4, -0.2) is 33.1 Å². The van der Waals surface area contributed by atoms with E-state index in [2.05, 4.69) is 19.2 Å². The molecule has 0 saturated heterocycles. The van der Waals surface area contributed by atoms with Gasteiger partial charge in [0.1, 0.15) is 0 Å². The third kappa shape index (κ3) is 6.99. The second-order valence-corrected chi connectivity index (χ2v) is 3.35. The molecule has 0 bridgehead atoms. The molecule has 0 saturated carbocycles. The lowest BCUT2D eigenvalue weighted by Gasteiger charge is -2.18. The number of rotatable bonds is 8. The Balaban J connectivity index is 3.38. The first-order valence-electron chi connectivity index (χ1n) is 5.03. The third-order valence-electron chi connectivity index (χ3n) is 2.15. The summed E-state index contributed by atoms with van der Waals surface area (Å²) in [5.41, 5.74) is 0. The zero-order valence-corrected chi connectivity index (χ0v) is 9.30. The molecule has 0 aliphatic carbocycles. The van der Waals surface area contributed by atoms with Crippen molar-refractivity contribution in [2.24, 2.45) is 0 Å². The topological polar surface area (TPSA) is 30.5 Å². The van der Waals surface area contributed by atoms with Gasteiger partial charge in [-0.05, 0) is 13.3 Å². The van der Waals surface area contributed by atoms with Crippen molar-refractivity contribution < 1.29 is 9.47 Å². The lowest BCUT2D eigenvalue weighted by atomic mass is 10.1. The molecule has 0 aromatic rings. The molecular formula is C10H23NO2. The first-order valence-corrected chi connectivity index (χ1v) is 5.03. The molecule has 0 amide bonds. The van der Waals surface area contributed by atoms with Crippen molar-refractivity contribution in [3.8, 4) is 0 Å². The van der Waals surface area contributed by atoms with Gasteiger partial charge in [-0.2, -0.15) is 0 Å². The minimum absolute atomic E-state index is 0.121. The van der Waals surface area contributed by atoms with Crippen LogP contribution in [0.4, 0.5) is 0 Å². The molecule has 0 spiro atoms. The van der Waals surface area contributed by atoms with Crippen molar-refractivity contribution in [1.82, 2.24) is 5.32 Å². The summed E-state index contributed by atoms with van der Waals surface area (Å²) in [5, 5.41) is 3.37. The minimum Gasteiger partial charge on any atom is -0.355 e. The monoisotopic (exact) mass is 189 g/mol. The van der Waals surface area contributed by atoms with Crippen molar-refractivity contribution in [2.75, 3.05) is 20.8 Å². The Kier molecular flexibility index (Phi) is 8.40. The van der Waals surface area contributed by atoms with E-state index in [0.717, 1.165) is 6.54 Å². The van der Waals surface area contributed by atoms with E-state index < -0.39 is 0 Å². The number of methoxy groups -OCH3 is 2. The van der Waals surface area contributed by atoms with E-state index in [9.17, 15) is 0 Å². The van der Waals surface area contributed by atoms with Crippen molar-refractivity contribution >= 4 is 0 Å². The highest BCUT2D eigenvalue weighted by Crippen LogP contribution is 1.99. The van der Waals surface area contributed by atoms with Gasteiger partial charge in [0.05, 0.1) is 0 Å². The van der Waals surface area contributed by atoms with E-state index in [1.807, 2.05) is 0 Å². The van der Waals surface area contributed by atoms with Crippen molar-refractivity contribution in [1.29, 1.82) is 0 Å². The average molecular weight is 189 g/mol. The minimum atomic E-state index is -0.121. The molecule has 0 rings (SSSR count). The van der Waals surface area contributed by atoms with E-state index in [1.165, 1.54) is 19.3 Å². The Morgan fingerprint density at radius 3 is 2.31 bits per heavy atom. The Bertz CT molecular complexity index is 105. The highest BCUT2D eigenvalue weighted by molar-refractivity contribution is 4.61. The molecule has 0 aromatic heterocycles. The molecule has 0 radical (unpaired) electrons. The fraction of sp³-hybridized carbons (Fsp3) is 1.00. The van der Waals surface area contributed by atoms with Crippen molar-refractivity contribution in [3.63, 3.8) is 0 Å². The number of hydrogen-bond donors (Lipinski definition) is 1. The van der Waals surface area contributed by atoms with Gasteiger partial charge in [0, 0.05) is 26.8 Å². The van der Waals surface area contributed by atoms with Gasteiger partial charge in [-0.3, -0.25) is 0 Å². The summed E-state index contributed by atoms with van der Waals surface area (Å²) in [6, 6.07) is 0.549. The van der Waals surface area contributed by atoms with Crippen LogP contribution in [0.5, 0.6) is 0 Å². The van der Waals surface area contributed by atoms with Gasteiger partial charge in [0.2, 0.25) is 0 Å². The van der Waals surface area contributed by atoms with Gasteiger partial charge < -0.3 is 14.8 Å². The molecule has 13 heavy (non-hydrogen) atoms. The van der Waals surface area contributed by atoms with E-state index in [-0.39, 0.29) is 6.29 Å². The maximum atomic E-state index is 5.07. The van der Waals surface area contributed by atoms with Gasteiger partial charge in [0.25, 0.3) is 0 Å². The van der Waals surface area contributed by atoms with Gasteiger partial charge >= 0.3 is 0 Å². The molecule has 0 aliphatic rings. The summed E-state index contributed by atoms with van der Waals surface area (Å²) in [7, 11) is 3.32. The van der Waals surface area contributed by atoms with E-state index in [0.29, 0.717) is 6.04 Å². The van der Waals surface area contributed by atoms with Crippen LogP contribution in [0.2, 0.25) is 0 Å². The van der Waals surface area contributed by atoms with E-state index >= 15 is 0 Å². The summed E-state index contributed by atoms with van der Waals surface area (Å²) >= 11 is 0. The molecule has 1 atom stereocenters. The van der Waals surface area contributed by atoms with Crippen LogP contribution in [0.3, 0.4) is 0 Å². The van der Waals surface area contributed by atoms with Gasteiger partial charge in [-0.15, -0.1) is 0 Å². The highest BCUT2D eigenvalue weighted by atomic mass is 16.7. The lowest BCUT2D eigenvalue weighted by molar-refractivity contribution is -0.0997. The van der Waals surface area contributed by atoms with Crippen LogP contribution in [0, 0.1) is 0 Å². The summed E-state index contributed by atoms with van der Waals surface area (Å²) < 4.78 is 10.1. The van der Waals surface area contributed by atoms with Crippen LogP contribution in [-0.2, 0) is 9.47 Å². The maximum absolute atomic E-state index is 5.07. The smallest absolute Gasteiger partial charge is 0.169 e. The molecule has 0 unspecified atom stereocenters. The zero-order valence-electron chi connectivity index (χ0n) is 9.30. The Hall–Kier alpha value is -0.120. The first kappa shape index (κ1) is 12.9. The second-order valence-electron chi connectivity index (χ2n) is 3.35. The molecule has 3 nitrogen and oxygen atoms in total. The number of ether oxygens (including phenoxy) is 2. The van der Waals surface area contributed by atoms with Crippen LogP contribution in [0.15, 0.2) is 0 Å². The van der Waals surface area contributed by atoms with Gasteiger partial charge in [-0.1, -0.05) is 19.8 Å². The standard InChI is InChI=1S/C10H23NO2/c1-5-6-7-9(2)11-8-10(12-3)13-4/h9-11H,5-8H2,1-4H3/t9-/m1/s1. The number of hydrogen-bond acceptors (Lipinski definition) is 3. The summed E-state index contributed by atoms with van der Waals surface area (Å²) in [6.07, 6.45) is 3.63. The number of unbranched alkanes of at least 4 members (excludes halogenated alkanes) is 1. The highest BCUT2D eigenvalue weighted by Gasteiger charge is 2.06. The molecular weight excluding hydrogens is 166 g/mol.